The quantitative estimate of drug-likeness (QED) is 0.813. The second-order valence-electron chi connectivity index (χ2n) is 5.23. The van der Waals surface area contributed by atoms with Gasteiger partial charge in [0.05, 0.1) is 6.26 Å². The zero-order chi connectivity index (χ0) is 12.4. The van der Waals surface area contributed by atoms with E-state index in [9.17, 15) is 0 Å². The monoisotopic (exact) mass is 243 g/mol. The number of fused-ring (bicyclic) bond motifs is 2. The highest BCUT2D eigenvalue weighted by atomic mass is 16.3. The predicted molar refractivity (Wildman–Crippen MR) is 75.1 cm³/mol. The molecule has 0 saturated heterocycles. The third kappa shape index (κ3) is 2.17. The van der Waals surface area contributed by atoms with Gasteiger partial charge in [0, 0.05) is 5.39 Å². The van der Waals surface area contributed by atoms with Crippen LogP contribution in [0.4, 0.5) is 0 Å². The third-order valence-corrected chi connectivity index (χ3v) is 3.87. The van der Waals surface area contributed by atoms with Crippen LogP contribution in [-0.4, -0.2) is 13.1 Å². The molecule has 0 bridgehead atoms. The fourth-order valence-corrected chi connectivity index (χ4v) is 2.87. The van der Waals surface area contributed by atoms with Gasteiger partial charge in [-0.2, -0.15) is 0 Å². The molecule has 2 nitrogen and oxygen atoms in total. The molecule has 96 valence electrons. The summed E-state index contributed by atoms with van der Waals surface area (Å²) in [7, 11) is 0. The summed E-state index contributed by atoms with van der Waals surface area (Å²) in [4.78, 5) is 0. The maximum atomic E-state index is 5.70. The van der Waals surface area contributed by atoms with Gasteiger partial charge < -0.3 is 9.73 Å². The molecule has 0 atom stereocenters. The molecular weight excluding hydrogens is 222 g/mol. The minimum atomic E-state index is 1.04. The van der Waals surface area contributed by atoms with Gasteiger partial charge in [0.2, 0.25) is 0 Å². The average Bonchev–Trinajstić information content (AvgIpc) is 2.98. The van der Waals surface area contributed by atoms with Crippen LogP contribution in [0, 0.1) is 0 Å². The van der Waals surface area contributed by atoms with Crippen LogP contribution in [0.5, 0.6) is 0 Å². The first-order valence-corrected chi connectivity index (χ1v) is 7.11. The molecule has 0 radical (unpaired) electrons. The molecule has 2 heteroatoms. The summed E-state index contributed by atoms with van der Waals surface area (Å²) in [5.74, 6) is 0. The van der Waals surface area contributed by atoms with Crippen molar-refractivity contribution in [1.29, 1.82) is 0 Å². The standard InChI is InChI=1S/C16H21NO/c1-2-7-17-8-6-14-11-18-16-10-13-5-3-4-12(13)9-15(14)16/h9-11,17H,2-8H2,1H3. The Morgan fingerprint density at radius 3 is 2.83 bits per heavy atom. The summed E-state index contributed by atoms with van der Waals surface area (Å²) < 4.78 is 5.70. The Labute approximate surface area is 108 Å². The van der Waals surface area contributed by atoms with Crippen molar-refractivity contribution in [3.8, 4) is 0 Å². The van der Waals surface area contributed by atoms with Crippen molar-refractivity contribution in [3.63, 3.8) is 0 Å². The summed E-state index contributed by atoms with van der Waals surface area (Å²) in [6.45, 7) is 4.34. The summed E-state index contributed by atoms with van der Waals surface area (Å²) in [5.41, 5.74) is 5.45. The van der Waals surface area contributed by atoms with Crippen molar-refractivity contribution in [2.45, 2.75) is 39.0 Å². The smallest absolute Gasteiger partial charge is 0.134 e. The molecule has 0 amide bonds. The zero-order valence-electron chi connectivity index (χ0n) is 11.1. The summed E-state index contributed by atoms with van der Waals surface area (Å²) in [6.07, 6.45) is 7.96. The molecule has 0 unspecified atom stereocenters. The predicted octanol–water partition coefficient (Wildman–Crippen LogP) is 3.46. The Hall–Kier alpha value is -1.28. The minimum Gasteiger partial charge on any atom is -0.464 e. The zero-order valence-corrected chi connectivity index (χ0v) is 11.1. The van der Waals surface area contributed by atoms with E-state index in [1.54, 1.807) is 0 Å². The van der Waals surface area contributed by atoms with Crippen LogP contribution >= 0.6 is 0 Å². The molecule has 0 saturated carbocycles. The Kier molecular flexibility index (Phi) is 3.37. The Morgan fingerprint density at radius 2 is 2.00 bits per heavy atom. The van der Waals surface area contributed by atoms with E-state index in [1.165, 1.54) is 47.8 Å². The third-order valence-electron chi connectivity index (χ3n) is 3.87. The summed E-state index contributed by atoms with van der Waals surface area (Å²) >= 11 is 0. The molecule has 1 aromatic carbocycles. The number of benzene rings is 1. The minimum absolute atomic E-state index is 1.04. The SMILES string of the molecule is CCCNCCc1coc2cc3c(cc12)CCC3. The number of hydrogen-bond donors (Lipinski definition) is 1. The van der Waals surface area contributed by atoms with Gasteiger partial charge in [-0.15, -0.1) is 0 Å². The molecule has 0 aliphatic heterocycles. The van der Waals surface area contributed by atoms with E-state index in [2.05, 4.69) is 24.4 Å². The maximum absolute atomic E-state index is 5.70. The highest BCUT2D eigenvalue weighted by Gasteiger charge is 2.14. The number of furan rings is 1. The molecule has 2 aromatic rings. The average molecular weight is 243 g/mol. The van der Waals surface area contributed by atoms with Crippen molar-refractivity contribution >= 4 is 11.0 Å². The Balaban J connectivity index is 1.80. The number of aryl methyl sites for hydroxylation is 2. The van der Waals surface area contributed by atoms with Crippen molar-refractivity contribution in [3.05, 3.63) is 35.1 Å². The molecule has 18 heavy (non-hydrogen) atoms. The molecule has 1 heterocycles. The van der Waals surface area contributed by atoms with Gasteiger partial charge in [-0.25, -0.2) is 0 Å². The molecular formula is C16H21NO. The van der Waals surface area contributed by atoms with E-state index in [0.717, 1.165) is 25.1 Å². The molecule has 0 spiro atoms. The molecule has 1 N–H and O–H groups in total. The van der Waals surface area contributed by atoms with Crippen molar-refractivity contribution < 1.29 is 4.42 Å². The first-order valence-electron chi connectivity index (χ1n) is 7.11. The van der Waals surface area contributed by atoms with Gasteiger partial charge >= 0.3 is 0 Å². The van der Waals surface area contributed by atoms with Crippen LogP contribution in [0.15, 0.2) is 22.8 Å². The first kappa shape index (κ1) is 11.8. The normalized spacial score (nSPS) is 14.3. The van der Waals surface area contributed by atoms with E-state index >= 15 is 0 Å². The molecule has 1 aliphatic carbocycles. The lowest BCUT2D eigenvalue weighted by Crippen LogP contribution is -2.17. The van der Waals surface area contributed by atoms with Crippen molar-refractivity contribution in [1.82, 2.24) is 5.32 Å². The first-order chi connectivity index (χ1) is 8.88. The van der Waals surface area contributed by atoms with Crippen LogP contribution in [-0.2, 0) is 19.3 Å². The lowest BCUT2D eigenvalue weighted by molar-refractivity contribution is 0.605. The van der Waals surface area contributed by atoms with Crippen molar-refractivity contribution in [2.75, 3.05) is 13.1 Å². The van der Waals surface area contributed by atoms with E-state index < -0.39 is 0 Å². The van der Waals surface area contributed by atoms with E-state index in [4.69, 9.17) is 4.42 Å². The molecule has 0 fully saturated rings. The molecule has 1 aromatic heterocycles. The molecule has 1 aliphatic rings. The highest BCUT2D eigenvalue weighted by molar-refractivity contribution is 5.83. The van der Waals surface area contributed by atoms with Gasteiger partial charge in [-0.05, 0) is 74.0 Å². The maximum Gasteiger partial charge on any atom is 0.134 e. The number of hydrogen-bond acceptors (Lipinski definition) is 2. The van der Waals surface area contributed by atoms with Crippen LogP contribution in [0.1, 0.15) is 36.5 Å². The molecule has 3 rings (SSSR count). The van der Waals surface area contributed by atoms with Crippen LogP contribution < -0.4 is 5.32 Å². The second kappa shape index (κ2) is 5.15. The number of nitrogens with one attached hydrogen (secondary N) is 1. The Morgan fingerprint density at radius 1 is 1.17 bits per heavy atom. The second-order valence-corrected chi connectivity index (χ2v) is 5.23. The number of rotatable bonds is 5. The fourth-order valence-electron chi connectivity index (χ4n) is 2.87. The van der Waals surface area contributed by atoms with Gasteiger partial charge in [0.25, 0.3) is 0 Å². The highest BCUT2D eigenvalue weighted by Crippen LogP contribution is 2.30. The van der Waals surface area contributed by atoms with E-state index in [-0.39, 0.29) is 0 Å². The van der Waals surface area contributed by atoms with Crippen LogP contribution in [0.25, 0.3) is 11.0 Å². The lowest BCUT2D eigenvalue weighted by atomic mass is 10.0. The van der Waals surface area contributed by atoms with Crippen LogP contribution in [0.3, 0.4) is 0 Å². The lowest BCUT2D eigenvalue weighted by Gasteiger charge is -2.02. The Bertz CT molecular complexity index is 541. The van der Waals surface area contributed by atoms with Gasteiger partial charge in [-0.1, -0.05) is 6.92 Å². The van der Waals surface area contributed by atoms with Gasteiger partial charge in [0.15, 0.2) is 0 Å². The van der Waals surface area contributed by atoms with E-state index in [0.29, 0.717) is 0 Å². The van der Waals surface area contributed by atoms with Crippen molar-refractivity contribution in [2.24, 2.45) is 0 Å². The fraction of sp³-hybridized carbons (Fsp3) is 0.500. The summed E-state index contributed by atoms with van der Waals surface area (Å²) in [5, 5.41) is 4.78. The largest absolute Gasteiger partial charge is 0.464 e. The van der Waals surface area contributed by atoms with Crippen LogP contribution in [0.2, 0.25) is 0 Å². The van der Waals surface area contributed by atoms with Gasteiger partial charge in [0.1, 0.15) is 5.58 Å². The summed E-state index contributed by atoms with van der Waals surface area (Å²) in [6, 6.07) is 4.61. The van der Waals surface area contributed by atoms with E-state index in [1.807, 2.05) is 6.26 Å². The topological polar surface area (TPSA) is 25.2 Å². The van der Waals surface area contributed by atoms with Gasteiger partial charge in [-0.3, -0.25) is 0 Å².